The van der Waals surface area contributed by atoms with Gasteiger partial charge >= 0.3 is 0 Å². The first-order chi connectivity index (χ1) is 12.6. The fourth-order valence-corrected chi connectivity index (χ4v) is 3.16. The molecule has 1 atom stereocenters. The van der Waals surface area contributed by atoms with E-state index in [0.29, 0.717) is 23.0 Å². The Morgan fingerprint density at radius 1 is 1.26 bits per heavy atom. The number of primary sulfonamides is 1. The third kappa shape index (κ3) is 5.67. The van der Waals surface area contributed by atoms with Gasteiger partial charge in [0.25, 0.3) is 0 Å². The minimum atomic E-state index is -3.77. The summed E-state index contributed by atoms with van der Waals surface area (Å²) in [5.41, 5.74) is 1.35. The average Bonchev–Trinajstić information content (AvgIpc) is 2.61. The fraction of sp³-hybridized carbons (Fsp3) is 0.278. The summed E-state index contributed by atoms with van der Waals surface area (Å²) >= 11 is 6.05. The summed E-state index contributed by atoms with van der Waals surface area (Å²) in [5.74, 6) is 0.458. The largest absolute Gasteiger partial charge is 0.496 e. The van der Waals surface area contributed by atoms with Crippen LogP contribution in [0.25, 0.3) is 0 Å². The van der Waals surface area contributed by atoms with E-state index in [2.05, 4.69) is 5.32 Å². The molecular formula is C18H22ClN3O4S. The fourth-order valence-electron chi connectivity index (χ4n) is 2.45. The smallest absolute Gasteiger partial charge is 0.241 e. The van der Waals surface area contributed by atoms with Crippen LogP contribution in [0.3, 0.4) is 0 Å². The van der Waals surface area contributed by atoms with E-state index in [9.17, 15) is 13.2 Å². The molecule has 3 N–H and O–H groups in total. The van der Waals surface area contributed by atoms with Crippen molar-refractivity contribution in [3.63, 3.8) is 0 Å². The highest BCUT2D eigenvalue weighted by atomic mass is 35.5. The lowest BCUT2D eigenvalue weighted by Gasteiger charge is -2.24. The number of carbonyl (C=O) groups is 1. The number of hydrogen-bond donors (Lipinski definition) is 2. The zero-order valence-electron chi connectivity index (χ0n) is 15.3. The summed E-state index contributed by atoms with van der Waals surface area (Å²) in [5, 5.41) is 8.40. The van der Waals surface area contributed by atoms with E-state index >= 15 is 0 Å². The van der Waals surface area contributed by atoms with Gasteiger partial charge in [-0.2, -0.15) is 0 Å². The van der Waals surface area contributed by atoms with Crippen LogP contribution in [-0.2, 0) is 21.4 Å². The van der Waals surface area contributed by atoms with Crippen molar-refractivity contribution in [3.05, 3.63) is 53.1 Å². The Bertz CT molecular complexity index is 917. The Kier molecular flexibility index (Phi) is 6.83. The molecule has 0 heterocycles. The molecule has 146 valence electrons. The van der Waals surface area contributed by atoms with Crippen LogP contribution in [0.15, 0.2) is 47.4 Å². The highest BCUT2D eigenvalue weighted by Gasteiger charge is 2.20. The first kappa shape index (κ1) is 21.2. The number of sulfonamides is 1. The van der Waals surface area contributed by atoms with Gasteiger partial charge in [-0.25, -0.2) is 13.6 Å². The number of anilines is 1. The molecule has 0 fully saturated rings. The molecule has 0 radical (unpaired) electrons. The van der Waals surface area contributed by atoms with Gasteiger partial charge < -0.3 is 10.1 Å². The van der Waals surface area contributed by atoms with Crippen molar-refractivity contribution in [1.82, 2.24) is 4.90 Å². The predicted molar refractivity (Wildman–Crippen MR) is 105 cm³/mol. The van der Waals surface area contributed by atoms with Gasteiger partial charge in [-0.3, -0.25) is 9.69 Å². The van der Waals surface area contributed by atoms with Gasteiger partial charge in [-0.1, -0.05) is 11.6 Å². The molecule has 0 aromatic heterocycles. The summed E-state index contributed by atoms with van der Waals surface area (Å²) in [4.78, 5) is 14.3. The number of amides is 1. The van der Waals surface area contributed by atoms with Crippen LogP contribution < -0.4 is 15.2 Å². The van der Waals surface area contributed by atoms with Crippen molar-refractivity contribution in [3.8, 4) is 5.75 Å². The van der Waals surface area contributed by atoms with E-state index in [1.54, 1.807) is 32.2 Å². The summed E-state index contributed by atoms with van der Waals surface area (Å²) in [7, 11) is -0.375. The molecule has 0 unspecified atom stereocenters. The molecule has 7 nitrogen and oxygen atoms in total. The lowest BCUT2D eigenvalue weighted by atomic mass is 10.1. The number of likely N-dealkylation sites (N-methyl/N-ethyl adjacent to an activating group) is 1. The molecule has 1 amide bonds. The number of rotatable bonds is 7. The second-order valence-corrected chi connectivity index (χ2v) is 8.10. The number of benzene rings is 2. The molecule has 0 saturated carbocycles. The van der Waals surface area contributed by atoms with E-state index in [1.807, 2.05) is 11.9 Å². The third-order valence-electron chi connectivity index (χ3n) is 4.15. The van der Waals surface area contributed by atoms with E-state index in [4.69, 9.17) is 21.5 Å². The van der Waals surface area contributed by atoms with Crippen LogP contribution >= 0.6 is 11.6 Å². The summed E-state index contributed by atoms with van der Waals surface area (Å²) in [6.07, 6.45) is 0. The number of halogens is 1. The first-order valence-corrected chi connectivity index (χ1v) is 10.0. The average molecular weight is 412 g/mol. The molecule has 2 rings (SSSR count). The standard InChI is InChI=1S/C18H22ClN3O4S/c1-12(22(2)11-13-10-14(19)4-9-17(13)26-3)18(23)21-15-5-7-16(8-6-15)27(20,24)25/h4-10,12H,11H2,1-3H3,(H,21,23)(H2,20,24,25)/t12-/m0/s1. The van der Waals surface area contributed by atoms with E-state index < -0.39 is 16.1 Å². The van der Waals surface area contributed by atoms with E-state index in [1.165, 1.54) is 24.3 Å². The number of hydrogen-bond acceptors (Lipinski definition) is 5. The van der Waals surface area contributed by atoms with Crippen molar-refractivity contribution >= 4 is 33.2 Å². The minimum Gasteiger partial charge on any atom is -0.496 e. The Hall–Kier alpha value is -2.13. The highest BCUT2D eigenvalue weighted by Crippen LogP contribution is 2.24. The highest BCUT2D eigenvalue weighted by molar-refractivity contribution is 7.89. The maximum Gasteiger partial charge on any atom is 0.241 e. The third-order valence-corrected chi connectivity index (χ3v) is 5.32. The quantitative estimate of drug-likeness (QED) is 0.728. The molecular weight excluding hydrogens is 390 g/mol. The normalized spacial score (nSPS) is 12.7. The lowest BCUT2D eigenvalue weighted by Crippen LogP contribution is -2.39. The van der Waals surface area contributed by atoms with Gasteiger partial charge in [0.05, 0.1) is 18.0 Å². The maximum absolute atomic E-state index is 12.5. The van der Waals surface area contributed by atoms with Crippen molar-refractivity contribution < 1.29 is 17.9 Å². The van der Waals surface area contributed by atoms with Gasteiger partial charge in [0.1, 0.15) is 5.75 Å². The van der Waals surface area contributed by atoms with Crippen molar-refractivity contribution in [2.45, 2.75) is 24.4 Å². The maximum atomic E-state index is 12.5. The van der Waals surface area contributed by atoms with Gasteiger partial charge in [-0.15, -0.1) is 0 Å². The van der Waals surface area contributed by atoms with Gasteiger partial charge in [-0.05, 0) is 56.4 Å². The van der Waals surface area contributed by atoms with Crippen LogP contribution in [0.1, 0.15) is 12.5 Å². The minimum absolute atomic E-state index is 0.0151. The molecule has 0 aliphatic carbocycles. The molecule has 0 aliphatic heterocycles. The molecule has 0 saturated heterocycles. The second kappa shape index (κ2) is 8.71. The Labute approximate surface area is 164 Å². The SMILES string of the molecule is COc1ccc(Cl)cc1CN(C)[C@@H](C)C(=O)Nc1ccc(S(N)(=O)=O)cc1. The van der Waals surface area contributed by atoms with E-state index in [0.717, 1.165) is 5.56 Å². The van der Waals surface area contributed by atoms with Crippen LogP contribution in [0.5, 0.6) is 5.75 Å². The van der Waals surface area contributed by atoms with Crippen LogP contribution in [0.4, 0.5) is 5.69 Å². The molecule has 2 aromatic rings. The molecule has 2 aromatic carbocycles. The molecule has 0 spiro atoms. The number of nitrogens with one attached hydrogen (secondary N) is 1. The molecule has 0 aliphatic rings. The number of ether oxygens (including phenoxy) is 1. The van der Waals surface area contributed by atoms with Crippen molar-refractivity contribution in [2.75, 3.05) is 19.5 Å². The number of nitrogens with zero attached hydrogens (tertiary/aromatic N) is 1. The predicted octanol–water partition coefficient (Wildman–Crippen LogP) is 2.46. The monoisotopic (exact) mass is 411 g/mol. The van der Waals surface area contributed by atoms with Gasteiger partial charge in [0.2, 0.25) is 15.9 Å². The Balaban J connectivity index is 2.05. The molecule has 9 heteroatoms. The zero-order chi connectivity index (χ0) is 20.2. The zero-order valence-corrected chi connectivity index (χ0v) is 16.8. The molecule has 27 heavy (non-hydrogen) atoms. The lowest BCUT2D eigenvalue weighted by molar-refractivity contribution is -0.120. The Morgan fingerprint density at radius 2 is 1.89 bits per heavy atom. The second-order valence-electron chi connectivity index (χ2n) is 6.11. The molecule has 0 bridgehead atoms. The van der Waals surface area contributed by atoms with Gasteiger partial charge in [0.15, 0.2) is 0 Å². The summed E-state index contributed by atoms with van der Waals surface area (Å²) in [6, 6.07) is 10.5. The summed E-state index contributed by atoms with van der Waals surface area (Å²) < 4.78 is 27.9. The van der Waals surface area contributed by atoms with Crippen LogP contribution in [0, 0.1) is 0 Å². The number of carbonyl (C=O) groups excluding carboxylic acids is 1. The van der Waals surface area contributed by atoms with E-state index in [-0.39, 0.29) is 10.8 Å². The summed E-state index contributed by atoms with van der Waals surface area (Å²) in [6.45, 7) is 2.23. The number of methoxy groups -OCH3 is 1. The van der Waals surface area contributed by atoms with Gasteiger partial charge in [0, 0.05) is 22.8 Å². The Morgan fingerprint density at radius 3 is 2.44 bits per heavy atom. The van der Waals surface area contributed by atoms with Crippen LogP contribution in [-0.4, -0.2) is 39.4 Å². The number of nitrogens with two attached hydrogens (primary N) is 1. The van der Waals surface area contributed by atoms with Crippen LogP contribution in [0.2, 0.25) is 5.02 Å². The van der Waals surface area contributed by atoms with Crippen molar-refractivity contribution in [1.29, 1.82) is 0 Å². The topological polar surface area (TPSA) is 102 Å². The first-order valence-electron chi connectivity index (χ1n) is 8.08. The van der Waals surface area contributed by atoms with Crippen molar-refractivity contribution in [2.24, 2.45) is 5.14 Å².